The van der Waals surface area contributed by atoms with Gasteiger partial charge >= 0.3 is 5.97 Å². The summed E-state index contributed by atoms with van der Waals surface area (Å²) in [5.74, 6) is -1.00. The number of amides is 1. The lowest BCUT2D eigenvalue weighted by atomic mass is 10.0. The maximum absolute atomic E-state index is 12.3. The van der Waals surface area contributed by atoms with Crippen LogP contribution in [0.25, 0.3) is 0 Å². The molecule has 2 rings (SSSR count). The fraction of sp³-hybridized carbons (Fsp3) is 0.467. The van der Waals surface area contributed by atoms with E-state index in [4.69, 9.17) is 9.47 Å². The van der Waals surface area contributed by atoms with Crippen LogP contribution in [-0.2, 0) is 9.53 Å². The molecule has 7 heteroatoms. The van der Waals surface area contributed by atoms with E-state index in [0.29, 0.717) is 6.42 Å². The van der Waals surface area contributed by atoms with Crippen molar-refractivity contribution in [3.8, 4) is 5.75 Å². The van der Waals surface area contributed by atoms with Crippen LogP contribution in [0.2, 0.25) is 0 Å². The maximum atomic E-state index is 12.3. The first-order chi connectivity index (χ1) is 10.4. The van der Waals surface area contributed by atoms with Crippen molar-refractivity contribution in [3.63, 3.8) is 0 Å². The van der Waals surface area contributed by atoms with Crippen molar-refractivity contribution in [1.82, 2.24) is 5.32 Å². The fourth-order valence-electron chi connectivity index (χ4n) is 2.35. The highest BCUT2D eigenvalue weighted by atomic mass is 16.6. The minimum Gasteiger partial charge on any atom is -0.426 e. The van der Waals surface area contributed by atoms with Gasteiger partial charge in [0.25, 0.3) is 5.91 Å². The van der Waals surface area contributed by atoms with Gasteiger partial charge in [-0.2, -0.15) is 0 Å². The van der Waals surface area contributed by atoms with Gasteiger partial charge in [0.15, 0.2) is 6.29 Å². The average molecular weight is 309 g/mol. The van der Waals surface area contributed by atoms with Crippen LogP contribution in [0.5, 0.6) is 5.75 Å². The number of aliphatic hydroxyl groups excluding tert-OH is 2. The first-order valence-corrected chi connectivity index (χ1v) is 6.98. The van der Waals surface area contributed by atoms with Gasteiger partial charge in [-0.05, 0) is 19.1 Å². The minimum absolute atomic E-state index is 0.113. The van der Waals surface area contributed by atoms with Crippen LogP contribution in [-0.4, -0.2) is 46.6 Å². The van der Waals surface area contributed by atoms with Gasteiger partial charge in [-0.25, -0.2) is 0 Å². The number of nitrogens with one attached hydrogen (secondary N) is 1. The van der Waals surface area contributed by atoms with E-state index in [0.717, 1.165) is 0 Å². The molecule has 1 aliphatic heterocycles. The van der Waals surface area contributed by atoms with Crippen molar-refractivity contribution < 1.29 is 29.3 Å². The molecule has 3 N–H and O–H groups in total. The molecule has 0 aromatic heterocycles. The minimum atomic E-state index is -1.30. The Hall–Kier alpha value is -1.96. The molecule has 1 saturated heterocycles. The van der Waals surface area contributed by atoms with Gasteiger partial charge in [0.1, 0.15) is 11.8 Å². The van der Waals surface area contributed by atoms with Crippen LogP contribution in [0.1, 0.15) is 30.6 Å². The molecule has 0 bridgehead atoms. The van der Waals surface area contributed by atoms with E-state index in [1.165, 1.54) is 19.1 Å². The molecular weight excluding hydrogens is 290 g/mol. The number of carbonyl (C=O) groups excluding carboxylic acids is 2. The molecule has 0 saturated carbocycles. The van der Waals surface area contributed by atoms with Gasteiger partial charge in [-0.1, -0.05) is 12.1 Å². The summed E-state index contributed by atoms with van der Waals surface area (Å²) in [5.41, 5.74) is 0.135. The molecule has 4 unspecified atom stereocenters. The second-order valence-electron chi connectivity index (χ2n) is 5.23. The van der Waals surface area contributed by atoms with Gasteiger partial charge in [0, 0.05) is 13.3 Å². The lowest BCUT2D eigenvalue weighted by Crippen LogP contribution is -2.56. The third-order valence-electron chi connectivity index (χ3n) is 3.35. The summed E-state index contributed by atoms with van der Waals surface area (Å²) in [6.45, 7) is 2.96. The topological polar surface area (TPSA) is 105 Å². The molecule has 120 valence electrons. The number of hydrogen-bond acceptors (Lipinski definition) is 6. The monoisotopic (exact) mass is 309 g/mol. The molecule has 1 heterocycles. The number of benzene rings is 1. The van der Waals surface area contributed by atoms with Crippen molar-refractivity contribution in [2.24, 2.45) is 0 Å². The largest absolute Gasteiger partial charge is 0.426 e. The summed E-state index contributed by atoms with van der Waals surface area (Å²) in [6, 6.07) is 5.27. The zero-order chi connectivity index (χ0) is 16.3. The lowest BCUT2D eigenvalue weighted by Gasteiger charge is -2.36. The smallest absolute Gasteiger partial charge is 0.308 e. The van der Waals surface area contributed by atoms with Crippen molar-refractivity contribution in [3.05, 3.63) is 29.8 Å². The molecule has 4 atom stereocenters. The summed E-state index contributed by atoms with van der Waals surface area (Å²) in [4.78, 5) is 23.4. The number of aliphatic hydroxyl groups is 2. The SMILES string of the molecule is CC(=O)Oc1ccccc1C(=O)NC1C(O)CC(C)OC1O. The first-order valence-electron chi connectivity index (χ1n) is 6.98. The lowest BCUT2D eigenvalue weighted by molar-refractivity contribution is -0.200. The number of carbonyl (C=O) groups is 2. The molecule has 0 radical (unpaired) electrons. The normalized spacial score (nSPS) is 28.0. The molecule has 1 fully saturated rings. The molecule has 0 aliphatic carbocycles. The third kappa shape index (κ3) is 3.82. The molecule has 7 nitrogen and oxygen atoms in total. The summed E-state index contributed by atoms with van der Waals surface area (Å²) >= 11 is 0. The van der Waals surface area contributed by atoms with Crippen LogP contribution in [0, 0.1) is 0 Å². The van der Waals surface area contributed by atoms with Crippen LogP contribution in [0.4, 0.5) is 0 Å². The quantitative estimate of drug-likeness (QED) is 0.544. The highest BCUT2D eigenvalue weighted by Gasteiger charge is 2.36. The Labute approximate surface area is 127 Å². The van der Waals surface area contributed by atoms with E-state index in [2.05, 4.69) is 5.32 Å². The summed E-state index contributed by atoms with van der Waals surface area (Å²) in [6.07, 6.45) is -2.23. The van der Waals surface area contributed by atoms with Crippen molar-refractivity contribution in [2.75, 3.05) is 0 Å². The molecular formula is C15H19NO6. The Morgan fingerprint density at radius 3 is 2.64 bits per heavy atom. The molecule has 1 aromatic rings. The maximum Gasteiger partial charge on any atom is 0.308 e. The number of esters is 1. The first kappa shape index (κ1) is 16.4. The van der Waals surface area contributed by atoms with Crippen LogP contribution in [0.3, 0.4) is 0 Å². The fourth-order valence-corrected chi connectivity index (χ4v) is 2.35. The number of rotatable bonds is 3. The van der Waals surface area contributed by atoms with Gasteiger partial charge in [-0.3, -0.25) is 9.59 Å². The van der Waals surface area contributed by atoms with Crippen molar-refractivity contribution in [1.29, 1.82) is 0 Å². The van der Waals surface area contributed by atoms with E-state index in [-0.39, 0.29) is 17.4 Å². The zero-order valence-electron chi connectivity index (χ0n) is 12.4. The Kier molecular flexibility index (Phi) is 5.12. The third-order valence-corrected chi connectivity index (χ3v) is 3.35. The van der Waals surface area contributed by atoms with Crippen LogP contribution < -0.4 is 10.1 Å². The van der Waals surface area contributed by atoms with Crippen molar-refractivity contribution >= 4 is 11.9 Å². The van der Waals surface area contributed by atoms with Gasteiger partial charge in [0.2, 0.25) is 0 Å². The Bertz CT molecular complexity index is 549. The predicted octanol–water partition coefficient (Wildman–Crippen LogP) is 0.198. The number of ether oxygens (including phenoxy) is 2. The number of hydrogen-bond donors (Lipinski definition) is 3. The van der Waals surface area contributed by atoms with E-state index in [1.54, 1.807) is 19.1 Å². The van der Waals surface area contributed by atoms with E-state index < -0.39 is 30.3 Å². The summed E-state index contributed by atoms with van der Waals surface area (Å²) in [7, 11) is 0. The van der Waals surface area contributed by atoms with Gasteiger partial charge in [0.05, 0.1) is 17.8 Å². The Balaban J connectivity index is 2.14. The summed E-state index contributed by atoms with van der Waals surface area (Å²) in [5, 5.41) is 22.3. The van der Waals surface area contributed by atoms with Crippen molar-refractivity contribution in [2.45, 2.75) is 44.8 Å². The molecule has 0 spiro atoms. The number of para-hydroxylation sites is 1. The second-order valence-corrected chi connectivity index (χ2v) is 5.23. The predicted molar refractivity (Wildman–Crippen MR) is 76.2 cm³/mol. The average Bonchev–Trinajstić information content (AvgIpc) is 2.42. The van der Waals surface area contributed by atoms with Crippen LogP contribution >= 0.6 is 0 Å². The van der Waals surface area contributed by atoms with Crippen LogP contribution in [0.15, 0.2) is 24.3 Å². The molecule has 22 heavy (non-hydrogen) atoms. The van der Waals surface area contributed by atoms with Gasteiger partial charge < -0.3 is 25.0 Å². The molecule has 1 aromatic carbocycles. The summed E-state index contributed by atoms with van der Waals surface area (Å²) < 4.78 is 10.2. The Morgan fingerprint density at radius 1 is 1.32 bits per heavy atom. The Morgan fingerprint density at radius 2 is 2.00 bits per heavy atom. The molecule has 1 amide bonds. The zero-order valence-corrected chi connectivity index (χ0v) is 12.4. The van der Waals surface area contributed by atoms with Gasteiger partial charge in [-0.15, -0.1) is 0 Å². The van der Waals surface area contributed by atoms with E-state index in [9.17, 15) is 19.8 Å². The van der Waals surface area contributed by atoms with E-state index in [1.807, 2.05) is 0 Å². The highest BCUT2D eigenvalue weighted by Crippen LogP contribution is 2.21. The second kappa shape index (κ2) is 6.87. The molecule has 1 aliphatic rings. The standard InChI is InChI=1S/C15H19NO6/c1-8-7-11(18)13(15(20)21-8)16-14(19)10-5-3-4-6-12(10)22-9(2)17/h3-6,8,11,13,15,18,20H,7H2,1-2H3,(H,16,19). The van der Waals surface area contributed by atoms with E-state index >= 15 is 0 Å². The highest BCUT2D eigenvalue weighted by molar-refractivity contribution is 5.97.